The Bertz CT molecular complexity index is 1060. The molecule has 1 fully saturated rings. The molecule has 150 valence electrons. The van der Waals surface area contributed by atoms with Crippen LogP contribution in [0.4, 0.5) is 0 Å². The lowest BCUT2D eigenvalue weighted by Crippen LogP contribution is -2.58. The van der Waals surface area contributed by atoms with E-state index < -0.39 is 17.5 Å². The normalized spacial score (nSPS) is 22.0. The largest absolute Gasteiger partial charge is 0.481 e. The van der Waals surface area contributed by atoms with E-state index in [1.54, 1.807) is 11.0 Å². The number of aryl methyl sites for hydroxylation is 1. The second kappa shape index (κ2) is 7.37. The van der Waals surface area contributed by atoms with Crippen molar-refractivity contribution < 1.29 is 19.8 Å². The number of piperidine rings is 1. The average molecular weight is 392 g/mol. The molecule has 1 amide bonds. The summed E-state index contributed by atoms with van der Waals surface area (Å²) in [6, 6.07) is 16.7. The molecule has 4 rings (SSSR count). The number of carbonyl (C=O) groups is 2. The summed E-state index contributed by atoms with van der Waals surface area (Å²) < 4.78 is 1.95. The van der Waals surface area contributed by atoms with Crippen LogP contribution in [0.5, 0.6) is 0 Å². The molecule has 2 heterocycles. The summed E-state index contributed by atoms with van der Waals surface area (Å²) in [5, 5.41) is 21.6. The van der Waals surface area contributed by atoms with Crippen LogP contribution >= 0.6 is 0 Å². The van der Waals surface area contributed by atoms with Gasteiger partial charge in [0.2, 0.25) is 0 Å². The van der Waals surface area contributed by atoms with Crippen molar-refractivity contribution in [2.45, 2.75) is 18.9 Å². The third kappa shape index (κ3) is 3.29. The minimum Gasteiger partial charge on any atom is -0.481 e. The quantitative estimate of drug-likeness (QED) is 0.715. The summed E-state index contributed by atoms with van der Waals surface area (Å²) >= 11 is 0. The van der Waals surface area contributed by atoms with Crippen molar-refractivity contribution in [3.63, 3.8) is 0 Å². The molecule has 3 aromatic rings. The smallest absolute Gasteiger partial charge is 0.314 e. The Morgan fingerprint density at radius 2 is 1.86 bits per heavy atom. The van der Waals surface area contributed by atoms with Crippen LogP contribution in [-0.2, 0) is 18.3 Å². The lowest BCUT2D eigenvalue weighted by atomic mass is 9.72. The van der Waals surface area contributed by atoms with Crippen molar-refractivity contribution in [1.29, 1.82) is 0 Å². The minimum absolute atomic E-state index is 0.0273. The number of hydrogen-bond acceptors (Lipinski definition) is 3. The van der Waals surface area contributed by atoms with Crippen LogP contribution in [0.1, 0.15) is 22.3 Å². The van der Waals surface area contributed by atoms with E-state index in [9.17, 15) is 19.8 Å². The molecule has 0 radical (unpaired) electrons. The van der Waals surface area contributed by atoms with Gasteiger partial charge in [0.1, 0.15) is 5.41 Å². The lowest BCUT2D eigenvalue weighted by molar-refractivity contribution is -0.161. The molecule has 0 bridgehead atoms. The molecule has 2 aromatic carbocycles. The molecular weight excluding hydrogens is 368 g/mol. The molecular formula is C23H24N2O4. The van der Waals surface area contributed by atoms with Crippen LogP contribution in [0.25, 0.3) is 10.9 Å². The molecule has 0 saturated carbocycles. The van der Waals surface area contributed by atoms with Gasteiger partial charge in [-0.25, -0.2) is 0 Å². The highest BCUT2D eigenvalue weighted by molar-refractivity contribution is 6.06. The first kappa shape index (κ1) is 19.2. The van der Waals surface area contributed by atoms with Crippen LogP contribution in [0.15, 0.2) is 60.8 Å². The van der Waals surface area contributed by atoms with E-state index in [1.807, 2.05) is 66.3 Å². The van der Waals surface area contributed by atoms with Gasteiger partial charge in [0, 0.05) is 42.8 Å². The van der Waals surface area contributed by atoms with E-state index in [4.69, 9.17) is 0 Å². The fourth-order valence-electron chi connectivity index (χ4n) is 4.33. The first-order valence-electron chi connectivity index (χ1n) is 9.71. The number of carboxylic acids is 1. The number of carboxylic acid groups (broad SMARTS) is 1. The van der Waals surface area contributed by atoms with Gasteiger partial charge in [-0.2, -0.15) is 0 Å². The van der Waals surface area contributed by atoms with E-state index in [-0.39, 0.29) is 25.3 Å². The second-order valence-electron chi connectivity index (χ2n) is 7.82. The Hall–Kier alpha value is -3.12. The van der Waals surface area contributed by atoms with E-state index in [0.29, 0.717) is 12.1 Å². The van der Waals surface area contributed by atoms with Gasteiger partial charge in [-0.3, -0.25) is 9.59 Å². The highest BCUT2D eigenvalue weighted by atomic mass is 16.4. The van der Waals surface area contributed by atoms with Crippen LogP contribution in [0.2, 0.25) is 0 Å². The number of hydrogen-bond donors (Lipinski definition) is 2. The highest BCUT2D eigenvalue weighted by Gasteiger charge is 2.50. The predicted molar refractivity (Wildman–Crippen MR) is 110 cm³/mol. The van der Waals surface area contributed by atoms with E-state index in [1.165, 1.54) is 0 Å². The first-order valence-corrected chi connectivity index (χ1v) is 9.71. The molecule has 6 heteroatoms. The van der Waals surface area contributed by atoms with Gasteiger partial charge < -0.3 is 19.7 Å². The van der Waals surface area contributed by atoms with Crippen molar-refractivity contribution in [2.24, 2.45) is 12.5 Å². The van der Waals surface area contributed by atoms with Gasteiger partial charge in [-0.05, 0) is 36.6 Å². The predicted octanol–water partition coefficient (Wildman–Crippen LogP) is 2.70. The van der Waals surface area contributed by atoms with Crippen molar-refractivity contribution in [1.82, 2.24) is 9.47 Å². The van der Waals surface area contributed by atoms with Crippen molar-refractivity contribution in [2.75, 3.05) is 13.1 Å². The molecule has 2 atom stereocenters. The molecule has 0 unspecified atom stereocenters. The number of aliphatic hydroxyl groups is 1. The number of benzene rings is 2. The van der Waals surface area contributed by atoms with Gasteiger partial charge in [-0.15, -0.1) is 0 Å². The third-order valence-electron chi connectivity index (χ3n) is 6.02. The molecule has 0 spiro atoms. The number of aliphatic carboxylic acids is 1. The zero-order valence-electron chi connectivity index (χ0n) is 16.3. The molecule has 2 N–H and O–H groups in total. The van der Waals surface area contributed by atoms with Crippen molar-refractivity contribution in [3.05, 3.63) is 71.9 Å². The fourth-order valence-corrected chi connectivity index (χ4v) is 4.33. The van der Waals surface area contributed by atoms with Gasteiger partial charge >= 0.3 is 5.97 Å². The fraction of sp³-hybridized carbons (Fsp3) is 0.304. The molecule has 29 heavy (non-hydrogen) atoms. The maximum absolute atomic E-state index is 13.3. The number of aromatic nitrogens is 1. The highest BCUT2D eigenvalue weighted by Crippen LogP contribution is 2.36. The third-order valence-corrected chi connectivity index (χ3v) is 6.02. The summed E-state index contributed by atoms with van der Waals surface area (Å²) in [5.74, 6) is -1.28. The maximum Gasteiger partial charge on any atom is 0.314 e. The molecule has 1 aromatic heterocycles. The summed E-state index contributed by atoms with van der Waals surface area (Å²) in [6.45, 7) is 0.299. The topological polar surface area (TPSA) is 82.8 Å². The van der Waals surface area contributed by atoms with Crippen LogP contribution in [0.3, 0.4) is 0 Å². The zero-order valence-corrected chi connectivity index (χ0v) is 16.3. The summed E-state index contributed by atoms with van der Waals surface area (Å²) in [6.07, 6.45) is 1.29. The number of amides is 1. The number of likely N-dealkylation sites (tertiary alicyclic amines) is 1. The van der Waals surface area contributed by atoms with E-state index >= 15 is 0 Å². The summed E-state index contributed by atoms with van der Waals surface area (Å²) in [5.41, 5.74) is 0.897. The van der Waals surface area contributed by atoms with Gasteiger partial charge in [-0.1, -0.05) is 36.4 Å². The molecule has 6 nitrogen and oxygen atoms in total. The lowest BCUT2D eigenvalue weighted by Gasteiger charge is -2.43. The van der Waals surface area contributed by atoms with Crippen molar-refractivity contribution in [3.8, 4) is 0 Å². The minimum atomic E-state index is -1.43. The van der Waals surface area contributed by atoms with Gasteiger partial charge in [0.15, 0.2) is 0 Å². The van der Waals surface area contributed by atoms with Crippen LogP contribution < -0.4 is 0 Å². The Labute approximate surface area is 169 Å². The molecule has 1 aliphatic rings. The molecule has 0 aliphatic carbocycles. The second-order valence-corrected chi connectivity index (χ2v) is 7.82. The number of carbonyl (C=O) groups excluding carboxylic acids is 1. The number of nitrogens with zero attached hydrogens (tertiary/aromatic N) is 2. The van der Waals surface area contributed by atoms with Crippen molar-refractivity contribution >= 4 is 22.8 Å². The Kier molecular flexibility index (Phi) is 4.88. The van der Waals surface area contributed by atoms with E-state index in [0.717, 1.165) is 16.5 Å². The number of fused-ring (bicyclic) bond motifs is 1. The first-order chi connectivity index (χ1) is 13.9. The zero-order chi connectivity index (χ0) is 20.6. The Balaban J connectivity index is 1.68. The summed E-state index contributed by atoms with van der Waals surface area (Å²) in [4.78, 5) is 27.2. The molecule has 1 saturated heterocycles. The van der Waals surface area contributed by atoms with Crippen LogP contribution in [0, 0.1) is 5.41 Å². The average Bonchev–Trinajstić information content (AvgIpc) is 3.11. The Morgan fingerprint density at radius 1 is 1.10 bits per heavy atom. The standard InChI is InChI=1S/C23H24N2O4/c1-24-12-10-17-18(8-5-9-19(17)24)21(27)25-13-11-20(26)23(15-25,22(28)29)14-16-6-3-2-4-7-16/h2-10,12,20,26H,11,13-15H2,1H3,(H,28,29)/t20-,23-/m1/s1. The number of aliphatic hydroxyl groups excluding tert-OH is 1. The summed E-state index contributed by atoms with van der Waals surface area (Å²) in [7, 11) is 1.92. The Morgan fingerprint density at radius 3 is 2.59 bits per heavy atom. The van der Waals surface area contributed by atoms with Crippen LogP contribution in [-0.4, -0.2) is 50.8 Å². The monoisotopic (exact) mass is 392 g/mol. The van der Waals surface area contributed by atoms with Gasteiger partial charge in [0.05, 0.1) is 6.10 Å². The SMILES string of the molecule is Cn1ccc2c(C(=O)N3CC[C@@H](O)[C@](Cc4ccccc4)(C(=O)O)C3)cccc21. The van der Waals surface area contributed by atoms with E-state index in [2.05, 4.69) is 0 Å². The van der Waals surface area contributed by atoms with Gasteiger partial charge in [0.25, 0.3) is 5.91 Å². The maximum atomic E-state index is 13.3. The molecule has 1 aliphatic heterocycles. The number of rotatable bonds is 4.